The van der Waals surface area contributed by atoms with Crippen LogP contribution in [-0.2, 0) is 11.2 Å². The molecular formula is C13H21N3O. The Morgan fingerprint density at radius 3 is 3.12 bits per heavy atom. The Bertz CT molecular complexity index is 350. The van der Waals surface area contributed by atoms with Crippen LogP contribution < -0.4 is 5.32 Å². The quantitative estimate of drug-likeness (QED) is 0.851. The molecule has 4 nitrogen and oxygen atoms in total. The van der Waals surface area contributed by atoms with Gasteiger partial charge in [-0.25, -0.2) is 9.97 Å². The first-order valence-electron chi connectivity index (χ1n) is 6.48. The molecule has 0 amide bonds. The van der Waals surface area contributed by atoms with Gasteiger partial charge in [0.25, 0.3) is 0 Å². The van der Waals surface area contributed by atoms with Gasteiger partial charge in [0.15, 0.2) is 0 Å². The highest BCUT2D eigenvalue weighted by atomic mass is 16.5. The lowest BCUT2D eigenvalue weighted by molar-refractivity contribution is 0.0995. The van der Waals surface area contributed by atoms with Crippen molar-refractivity contribution in [3.05, 3.63) is 18.1 Å². The summed E-state index contributed by atoms with van der Waals surface area (Å²) in [4.78, 5) is 8.51. The molecule has 1 aliphatic heterocycles. The van der Waals surface area contributed by atoms with E-state index in [0.29, 0.717) is 12.1 Å². The first kappa shape index (κ1) is 12.3. The first-order valence-corrected chi connectivity index (χ1v) is 6.48. The second kappa shape index (κ2) is 5.96. The van der Waals surface area contributed by atoms with Crippen molar-refractivity contribution in [2.24, 2.45) is 0 Å². The van der Waals surface area contributed by atoms with Crippen molar-refractivity contribution < 1.29 is 4.74 Å². The van der Waals surface area contributed by atoms with Crippen molar-refractivity contribution >= 4 is 5.82 Å². The second-order valence-corrected chi connectivity index (χ2v) is 4.63. The highest BCUT2D eigenvalue weighted by Crippen LogP contribution is 2.18. The molecule has 0 aromatic carbocycles. The van der Waals surface area contributed by atoms with E-state index in [4.69, 9.17) is 4.74 Å². The average Bonchev–Trinajstić information content (AvgIpc) is 2.83. The second-order valence-electron chi connectivity index (χ2n) is 4.63. The predicted molar refractivity (Wildman–Crippen MR) is 68.1 cm³/mol. The van der Waals surface area contributed by atoms with Gasteiger partial charge in [0.1, 0.15) is 12.1 Å². The van der Waals surface area contributed by atoms with E-state index in [0.717, 1.165) is 37.4 Å². The normalized spacial score (nSPS) is 21.4. The van der Waals surface area contributed by atoms with Gasteiger partial charge >= 0.3 is 0 Å². The molecule has 2 atom stereocenters. The van der Waals surface area contributed by atoms with E-state index in [1.54, 1.807) is 6.33 Å². The van der Waals surface area contributed by atoms with Crippen LogP contribution in [0.1, 0.15) is 38.8 Å². The van der Waals surface area contributed by atoms with Gasteiger partial charge < -0.3 is 10.1 Å². The monoisotopic (exact) mass is 235 g/mol. The summed E-state index contributed by atoms with van der Waals surface area (Å²) in [5, 5.41) is 3.41. The number of hydrogen-bond donors (Lipinski definition) is 1. The van der Waals surface area contributed by atoms with Gasteiger partial charge in [0.05, 0.1) is 12.1 Å². The van der Waals surface area contributed by atoms with E-state index < -0.39 is 0 Å². The van der Waals surface area contributed by atoms with Crippen LogP contribution in [0.4, 0.5) is 5.82 Å². The third-order valence-electron chi connectivity index (χ3n) is 3.13. The van der Waals surface area contributed by atoms with Crippen LogP contribution in [0.3, 0.4) is 0 Å². The molecule has 1 aromatic heterocycles. The van der Waals surface area contributed by atoms with Crippen LogP contribution in [0, 0.1) is 0 Å². The minimum atomic E-state index is 0.307. The summed E-state index contributed by atoms with van der Waals surface area (Å²) < 4.78 is 5.66. The molecule has 0 radical (unpaired) electrons. The largest absolute Gasteiger partial charge is 0.376 e. The van der Waals surface area contributed by atoms with Crippen molar-refractivity contribution in [1.82, 2.24) is 9.97 Å². The van der Waals surface area contributed by atoms with E-state index in [-0.39, 0.29) is 0 Å². The number of anilines is 1. The van der Waals surface area contributed by atoms with Crippen LogP contribution in [0.25, 0.3) is 0 Å². The minimum Gasteiger partial charge on any atom is -0.376 e. The number of aromatic nitrogens is 2. The highest BCUT2D eigenvalue weighted by Gasteiger charge is 2.22. The van der Waals surface area contributed by atoms with Crippen LogP contribution in [0.5, 0.6) is 0 Å². The highest BCUT2D eigenvalue weighted by molar-refractivity contribution is 5.36. The molecule has 0 spiro atoms. The molecular weight excluding hydrogens is 214 g/mol. The lowest BCUT2D eigenvalue weighted by Gasteiger charge is -2.20. The van der Waals surface area contributed by atoms with E-state index in [9.17, 15) is 0 Å². The topological polar surface area (TPSA) is 47.0 Å². The molecule has 2 rings (SSSR count). The maximum absolute atomic E-state index is 5.66. The predicted octanol–water partition coefficient (Wildman–Crippen LogP) is 2.41. The molecule has 4 heteroatoms. The smallest absolute Gasteiger partial charge is 0.129 e. The zero-order valence-electron chi connectivity index (χ0n) is 10.6. The lowest BCUT2D eigenvalue weighted by Crippen LogP contribution is -2.30. The number of nitrogens with zero attached hydrogens (tertiary/aromatic N) is 2. The Morgan fingerprint density at radius 1 is 1.53 bits per heavy atom. The zero-order valence-corrected chi connectivity index (χ0v) is 10.6. The first-order chi connectivity index (χ1) is 8.29. The van der Waals surface area contributed by atoms with Crippen molar-refractivity contribution in [3.63, 3.8) is 0 Å². The molecule has 0 aliphatic carbocycles. The number of rotatable bonds is 5. The summed E-state index contributed by atoms with van der Waals surface area (Å²) in [6.45, 7) is 5.20. The Kier molecular flexibility index (Phi) is 4.31. The van der Waals surface area contributed by atoms with Crippen molar-refractivity contribution in [3.8, 4) is 0 Å². The Balaban J connectivity index is 1.94. The van der Waals surface area contributed by atoms with Gasteiger partial charge in [0.2, 0.25) is 0 Å². The fraction of sp³-hybridized carbons (Fsp3) is 0.692. The van der Waals surface area contributed by atoms with Gasteiger partial charge in [-0.15, -0.1) is 0 Å². The molecule has 0 bridgehead atoms. The molecule has 1 fully saturated rings. The molecule has 2 unspecified atom stereocenters. The van der Waals surface area contributed by atoms with Gasteiger partial charge in [-0.05, 0) is 26.2 Å². The summed E-state index contributed by atoms with van der Waals surface area (Å²) in [5.41, 5.74) is 1.10. The van der Waals surface area contributed by atoms with Gasteiger partial charge in [-0.3, -0.25) is 0 Å². The molecule has 94 valence electrons. The Morgan fingerprint density at radius 2 is 2.41 bits per heavy atom. The number of aryl methyl sites for hydroxylation is 1. The number of nitrogens with one attached hydrogen (secondary N) is 1. The molecule has 17 heavy (non-hydrogen) atoms. The van der Waals surface area contributed by atoms with Crippen LogP contribution >= 0.6 is 0 Å². The molecule has 1 saturated heterocycles. The summed E-state index contributed by atoms with van der Waals surface area (Å²) in [5.74, 6) is 0.909. The maximum atomic E-state index is 5.66. The van der Waals surface area contributed by atoms with Crippen molar-refractivity contribution in [2.75, 3.05) is 11.9 Å². The summed E-state index contributed by atoms with van der Waals surface area (Å²) in [6.07, 6.45) is 6.38. The SMILES string of the molecule is CCCc1cc(NC(C)C2CCCO2)ncn1. The Labute approximate surface area is 103 Å². The van der Waals surface area contributed by atoms with Crippen LogP contribution in [0.2, 0.25) is 0 Å². The summed E-state index contributed by atoms with van der Waals surface area (Å²) >= 11 is 0. The van der Waals surface area contributed by atoms with E-state index in [1.807, 2.05) is 6.07 Å². The standard InChI is InChI=1S/C13H21N3O/c1-3-5-11-8-13(15-9-14-11)16-10(2)12-6-4-7-17-12/h8-10,12H,3-7H2,1-2H3,(H,14,15,16). The van der Waals surface area contributed by atoms with Gasteiger partial charge in [0, 0.05) is 18.4 Å². The fourth-order valence-corrected chi connectivity index (χ4v) is 2.19. The Hall–Kier alpha value is -1.16. The minimum absolute atomic E-state index is 0.307. The number of hydrogen-bond acceptors (Lipinski definition) is 4. The molecule has 2 heterocycles. The van der Waals surface area contributed by atoms with E-state index >= 15 is 0 Å². The van der Waals surface area contributed by atoms with Gasteiger partial charge in [-0.2, -0.15) is 0 Å². The van der Waals surface area contributed by atoms with Crippen LogP contribution in [-0.4, -0.2) is 28.7 Å². The summed E-state index contributed by atoms with van der Waals surface area (Å²) in [7, 11) is 0. The zero-order chi connectivity index (χ0) is 12.1. The van der Waals surface area contributed by atoms with Crippen molar-refractivity contribution in [2.45, 2.75) is 51.7 Å². The maximum Gasteiger partial charge on any atom is 0.129 e. The molecule has 1 aliphatic rings. The summed E-state index contributed by atoms with van der Waals surface area (Å²) in [6, 6.07) is 2.34. The number of ether oxygens (including phenoxy) is 1. The van der Waals surface area contributed by atoms with Crippen LogP contribution in [0.15, 0.2) is 12.4 Å². The third kappa shape index (κ3) is 3.40. The molecule has 1 N–H and O–H groups in total. The van der Waals surface area contributed by atoms with Crippen molar-refractivity contribution in [1.29, 1.82) is 0 Å². The molecule has 1 aromatic rings. The van der Waals surface area contributed by atoms with E-state index in [2.05, 4.69) is 29.1 Å². The van der Waals surface area contributed by atoms with E-state index in [1.165, 1.54) is 6.42 Å². The average molecular weight is 235 g/mol. The fourth-order valence-electron chi connectivity index (χ4n) is 2.19. The van der Waals surface area contributed by atoms with Gasteiger partial charge in [-0.1, -0.05) is 13.3 Å². The molecule has 0 saturated carbocycles. The lowest BCUT2D eigenvalue weighted by atomic mass is 10.1. The third-order valence-corrected chi connectivity index (χ3v) is 3.13.